The summed E-state index contributed by atoms with van der Waals surface area (Å²) in [5.74, 6) is 0.198. The Morgan fingerprint density at radius 1 is 1.19 bits per heavy atom. The van der Waals surface area contributed by atoms with E-state index in [1.54, 1.807) is 22.3 Å². The van der Waals surface area contributed by atoms with E-state index in [2.05, 4.69) is 63.1 Å². The highest BCUT2D eigenvalue weighted by atomic mass is 32.1. The van der Waals surface area contributed by atoms with E-state index in [4.69, 9.17) is 0 Å². The molecule has 2 amide bonds. The molecule has 0 radical (unpaired) electrons. The molecule has 0 saturated heterocycles. The maximum Gasteiger partial charge on any atom is 0.243 e. The molecule has 2 aromatic rings. The van der Waals surface area contributed by atoms with E-state index in [0.717, 1.165) is 24.8 Å². The van der Waals surface area contributed by atoms with Gasteiger partial charge in [0.15, 0.2) is 0 Å². The van der Waals surface area contributed by atoms with Crippen LogP contribution in [-0.2, 0) is 21.4 Å². The number of hydrogen-bond donors (Lipinski definition) is 0. The lowest BCUT2D eigenvalue weighted by Crippen LogP contribution is -2.47. The van der Waals surface area contributed by atoms with E-state index in [0.29, 0.717) is 13.1 Å². The van der Waals surface area contributed by atoms with Crippen LogP contribution in [0.2, 0.25) is 0 Å². The van der Waals surface area contributed by atoms with Gasteiger partial charge in [-0.15, -0.1) is 17.9 Å². The molecule has 5 heteroatoms. The van der Waals surface area contributed by atoms with E-state index in [1.807, 2.05) is 4.90 Å². The summed E-state index contributed by atoms with van der Waals surface area (Å²) < 4.78 is 0. The van der Waals surface area contributed by atoms with Crippen LogP contribution in [0.1, 0.15) is 61.2 Å². The molecule has 4 nitrogen and oxygen atoms in total. The van der Waals surface area contributed by atoms with Gasteiger partial charge in [0.25, 0.3) is 0 Å². The quantitative estimate of drug-likeness (QED) is 0.602. The standard InChI is InChI=1S/C26H32N2O2S/c1-5-14-27(25(30)19-6-7-19)17-23(29)28-15-12-22-21(13-16-31-22)24(28)18-8-10-20(11-9-18)26(2,3)4/h5,8-11,13,16,19,24H,1,6-7,12,14-15,17H2,2-4H3. The molecule has 0 N–H and O–H groups in total. The summed E-state index contributed by atoms with van der Waals surface area (Å²) in [5, 5.41) is 2.12. The molecular formula is C26H32N2O2S. The van der Waals surface area contributed by atoms with E-state index in [1.165, 1.54) is 16.0 Å². The van der Waals surface area contributed by atoms with Crippen LogP contribution < -0.4 is 0 Å². The molecule has 0 spiro atoms. The van der Waals surface area contributed by atoms with Gasteiger partial charge in [0.1, 0.15) is 6.54 Å². The number of nitrogens with zero attached hydrogens (tertiary/aromatic N) is 2. The molecule has 31 heavy (non-hydrogen) atoms. The van der Waals surface area contributed by atoms with Crippen LogP contribution >= 0.6 is 11.3 Å². The lowest BCUT2D eigenvalue weighted by Gasteiger charge is -2.37. The second kappa shape index (κ2) is 8.62. The Hall–Kier alpha value is -2.40. The molecule has 1 unspecified atom stereocenters. The van der Waals surface area contributed by atoms with Crippen LogP contribution in [0, 0.1) is 5.92 Å². The first-order chi connectivity index (χ1) is 14.8. The number of thiophene rings is 1. The van der Waals surface area contributed by atoms with Gasteiger partial charge in [-0.25, -0.2) is 0 Å². The molecule has 1 saturated carbocycles. The topological polar surface area (TPSA) is 40.6 Å². The minimum Gasteiger partial charge on any atom is -0.330 e. The summed E-state index contributed by atoms with van der Waals surface area (Å²) in [6.07, 6.45) is 4.45. The fourth-order valence-corrected chi connectivity index (χ4v) is 5.24. The monoisotopic (exact) mass is 436 g/mol. The summed E-state index contributed by atoms with van der Waals surface area (Å²) in [4.78, 5) is 31.1. The third kappa shape index (κ3) is 4.62. The van der Waals surface area contributed by atoms with Crippen molar-refractivity contribution in [3.05, 3.63) is 69.9 Å². The van der Waals surface area contributed by atoms with E-state index >= 15 is 0 Å². The van der Waals surface area contributed by atoms with Crippen LogP contribution in [0.3, 0.4) is 0 Å². The average molecular weight is 437 g/mol. The van der Waals surface area contributed by atoms with Crippen molar-refractivity contribution in [1.29, 1.82) is 0 Å². The Morgan fingerprint density at radius 2 is 1.90 bits per heavy atom. The largest absolute Gasteiger partial charge is 0.330 e. The zero-order valence-electron chi connectivity index (χ0n) is 18.8. The average Bonchev–Trinajstić information content (AvgIpc) is 3.48. The van der Waals surface area contributed by atoms with Crippen molar-refractivity contribution in [1.82, 2.24) is 9.80 Å². The van der Waals surface area contributed by atoms with E-state index < -0.39 is 0 Å². The maximum absolute atomic E-state index is 13.5. The SMILES string of the molecule is C=CCN(CC(=O)N1CCc2sccc2C1c1ccc(C(C)(C)C)cc1)C(=O)C1CC1. The Morgan fingerprint density at radius 3 is 2.52 bits per heavy atom. The molecular weight excluding hydrogens is 404 g/mol. The van der Waals surface area contributed by atoms with E-state index in [9.17, 15) is 9.59 Å². The van der Waals surface area contributed by atoms with Crippen LogP contribution in [0.25, 0.3) is 0 Å². The third-order valence-corrected chi connectivity index (χ3v) is 7.29. The molecule has 0 bridgehead atoms. The van der Waals surface area contributed by atoms with Gasteiger partial charge in [0.05, 0.1) is 6.04 Å². The fraction of sp³-hybridized carbons (Fsp3) is 0.462. The summed E-state index contributed by atoms with van der Waals surface area (Å²) in [6, 6.07) is 10.7. The molecule has 2 aliphatic rings. The summed E-state index contributed by atoms with van der Waals surface area (Å²) >= 11 is 1.77. The van der Waals surface area contributed by atoms with Crippen LogP contribution in [0.4, 0.5) is 0 Å². The Kier molecular flexibility index (Phi) is 6.07. The van der Waals surface area contributed by atoms with Crippen molar-refractivity contribution in [2.45, 2.75) is 51.5 Å². The second-order valence-electron chi connectivity index (χ2n) is 9.69. The number of carbonyl (C=O) groups excluding carboxylic acids is 2. The van der Waals surface area contributed by atoms with Crippen molar-refractivity contribution >= 4 is 23.2 Å². The minimum atomic E-state index is -0.0990. The van der Waals surface area contributed by atoms with Crippen molar-refractivity contribution in [2.24, 2.45) is 5.92 Å². The van der Waals surface area contributed by atoms with Gasteiger partial charge in [-0.1, -0.05) is 51.1 Å². The van der Waals surface area contributed by atoms with Gasteiger partial charge < -0.3 is 9.80 Å². The molecule has 2 heterocycles. The molecule has 164 valence electrons. The Bertz CT molecular complexity index is 966. The number of fused-ring (bicyclic) bond motifs is 1. The summed E-state index contributed by atoms with van der Waals surface area (Å²) in [5.41, 5.74) is 3.71. The summed E-state index contributed by atoms with van der Waals surface area (Å²) in [7, 11) is 0. The van der Waals surface area contributed by atoms with Crippen molar-refractivity contribution in [3.8, 4) is 0 Å². The van der Waals surface area contributed by atoms with Gasteiger partial charge in [0.2, 0.25) is 11.8 Å². The van der Waals surface area contributed by atoms with Gasteiger partial charge in [0, 0.05) is 23.9 Å². The molecule has 1 atom stereocenters. The van der Waals surface area contributed by atoms with Crippen LogP contribution in [0.15, 0.2) is 48.4 Å². The number of rotatable bonds is 6. The lowest BCUT2D eigenvalue weighted by molar-refractivity contribution is -0.142. The first-order valence-electron chi connectivity index (χ1n) is 11.2. The van der Waals surface area contributed by atoms with Gasteiger partial charge in [-0.05, 0) is 52.8 Å². The number of amides is 2. The van der Waals surface area contributed by atoms with Gasteiger partial charge in [-0.3, -0.25) is 9.59 Å². The predicted octanol–water partition coefficient (Wildman–Crippen LogP) is 4.94. The lowest BCUT2D eigenvalue weighted by atomic mass is 9.85. The Labute approximate surface area is 189 Å². The number of benzene rings is 1. The highest BCUT2D eigenvalue weighted by Gasteiger charge is 2.37. The molecule has 1 aromatic carbocycles. The minimum absolute atomic E-state index is 0.0117. The molecule has 1 aromatic heterocycles. The van der Waals surface area contributed by atoms with Crippen molar-refractivity contribution in [3.63, 3.8) is 0 Å². The Balaban J connectivity index is 1.61. The van der Waals surface area contributed by atoms with Crippen LogP contribution in [0.5, 0.6) is 0 Å². The molecule has 1 fully saturated rings. The maximum atomic E-state index is 13.5. The molecule has 4 rings (SSSR count). The van der Waals surface area contributed by atoms with Crippen molar-refractivity contribution in [2.75, 3.05) is 19.6 Å². The second-order valence-corrected chi connectivity index (χ2v) is 10.7. The first kappa shape index (κ1) is 21.8. The number of carbonyl (C=O) groups is 2. The predicted molar refractivity (Wildman–Crippen MR) is 126 cm³/mol. The molecule has 1 aliphatic heterocycles. The first-order valence-corrected chi connectivity index (χ1v) is 12.0. The van der Waals surface area contributed by atoms with Gasteiger partial charge in [-0.2, -0.15) is 0 Å². The fourth-order valence-electron chi connectivity index (χ4n) is 4.34. The zero-order chi connectivity index (χ0) is 22.2. The van der Waals surface area contributed by atoms with Gasteiger partial charge >= 0.3 is 0 Å². The zero-order valence-corrected chi connectivity index (χ0v) is 19.6. The normalized spacial score (nSPS) is 18.4. The third-order valence-electron chi connectivity index (χ3n) is 6.29. The number of hydrogen-bond acceptors (Lipinski definition) is 3. The highest BCUT2D eigenvalue weighted by molar-refractivity contribution is 7.10. The smallest absolute Gasteiger partial charge is 0.243 e. The van der Waals surface area contributed by atoms with E-state index in [-0.39, 0.29) is 35.7 Å². The molecule has 1 aliphatic carbocycles. The summed E-state index contributed by atoms with van der Waals surface area (Å²) in [6.45, 7) is 11.6. The highest BCUT2D eigenvalue weighted by Crippen LogP contribution is 2.39. The van der Waals surface area contributed by atoms with Crippen molar-refractivity contribution < 1.29 is 9.59 Å². The van der Waals surface area contributed by atoms with Crippen LogP contribution in [-0.4, -0.2) is 41.2 Å².